The topological polar surface area (TPSA) is 67.9 Å². The Hall–Kier alpha value is -2.57. The number of halogens is 1. The van der Waals surface area contributed by atoms with Crippen LogP contribution < -0.4 is 10.2 Å². The van der Waals surface area contributed by atoms with Crippen LogP contribution in [-0.4, -0.2) is 44.8 Å². The number of ether oxygens (including phenoxy) is 2. The van der Waals surface area contributed by atoms with Crippen molar-refractivity contribution in [2.24, 2.45) is 0 Å². The Balaban J connectivity index is 0.00000280. The Labute approximate surface area is 171 Å². The number of rotatable bonds is 5. The summed E-state index contributed by atoms with van der Waals surface area (Å²) in [5.74, 6) is -0.616. The second-order valence-corrected chi connectivity index (χ2v) is 6.37. The predicted molar refractivity (Wildman–Crippen MR) is 112 cm³/mol. The number of hydrogen-bond donors (Lipinski definition) is 1. The highest BCUT2D eigenvalue weighted by atomic mass is 35.5. The molecule has 150 valence electrons. The fourth-order valence-corrected chi connectivity index (χ4v) is 2.97. The zero-order chi connectivity index (χ0) is 19.2. The number of anilines is 2. The second-order valence-electron chi connectivity index (χ2n) is 6.37. The summed E-state index contributed by atoms with van der Waals surface area (Å²) in [6.07, 6.45) is 0. The zero-order valence-electron chi connectivity index (χ0n) is 16.1. The molecule has 1 saturated heterocycles. The van der Waals surface area contributed by atoms with Crippen LogP contribution in [0.1, 0.15) is 33.2 Å². The number of carbonyl (C=O) groups excluding carboxylic acids is 2. The van der Waals surface area contributed by atoms with Gasteiger partial charge in [0.05, 0.1) is 31.1 Å². The number of morpholine rings is 1. The minimum Gasteiger partial charge on any atom is -0.462 e. The Kier molecular flexibility index (Phi) is 7.84. The van der Waals surface area contributed by atoms with Crippen LogP contribution in [-0.2, 0) is 9.47 Å². The van der Waals surface area contributed by atoms with Crippen molar-refractivity contribution in [1.82, 2.24) is 0 Å². The molecule has 0 aliphatic carbocycles. The van der Waals surface area contributed by atoms with Gasteiger partial charge in [0.2, 0.25) is 0 Å². The highest BCUT2D eigenvalue weighted by molar-refractivity contribution is 6.05. The molecule has 0 unspecified atom stereocenters. The first-order valence-corrected chi connectivity index (χ1v) is 9.10. The van der Waals surface area contributed by atoms with Gasteiger partial charge >= 0.3 is 5.97 Å². The molecular weight excluding hydrogens is 380 g/mol. The van der Waals surface area contributed by atoms with E-state index in [4.69, 9.17) is 9.47 Å². The van der Waals surface area contributed by atoms with Crippen LogP contribution in [0.15, 0.2) is 42.5 Å². The molecule has 1 heterocycles. The highest BCUT2D eigenvalue weighted by Gasteiger charge is 2.20. The van der Waals surface area contributed by atoms with Gasteiger partial charge in [-0.15, -0.1) is 12.4 Å². The first-order valence-electron chi connectivity index (χ1n) is 9.10. The van der Waals surface area contributed by atoms with E-state index in [1.165, 1.54) is 0 Å². The SMILES string of the molecule is CCOC(=O)c1cc(NC(=O)c2ccc(C)cc2)ccc1N1CCOCC1.Cl. The molecule has 6 nitrogen and oxygen atoms in total. The molecule has 7 heteroatoms. The van der Waals surface area contributed by atoms with Crippen molar-refractivity contribution >= 4 is 35.7 Å². The summed E-state index contributed by atoms with van der Waals surface area (Å²) in [5.41, 5.74) is 3.45. The van der Waals surface area contributed by atoms with Crippen LogP contribution in [0.3, 0.4) is 0 Å². The van der Waals surface area contributed by atoms with Gasteiger partial charge in [0.15, 0.2) is 0 Å². The molecule has 0 spiro atoms. The number of esters is 1. The molecule has 2 aromatic rings. The maximum absolute atomic E-state index is 12.5. The highest BCUT2D eigenvalue weighted by Crippen LogP contribution is 2.26. The lowest BCUT2D eigenvalue weighted by Crippen LogP contribution is -2.37. The molecule has 0 saturated carbocycles. The maximum atomic E-state index is 12.5. The molecule has 0 radical (unpaired) electrons. The van der Waals surface area contributed by atoms with Crippen molar-refractivity contribution in [3.63, 3.8) is 0 Å². The van der Waals surface area contributed by atoms with Crippen molar-refractivity contribution in [2.45, 2.75) is 13.8 Å². The molecule has 1 aliphatic rings. The van der Waals surface area contributed by atoms with Gasteiger partial charge in [0, 0.05) is 24.3 Å². The average molecular weight is 405 g/mol. The van der Waals surface area contributed by atoms with Gasteiger partial charge in [-0.2, -0.15) is 0 Å². The maximum Gasteiger partial charge on any atom is 0.340 e. The number of aryl methyl sites for hydroxylation is 1. The summed E-state index contributed by atoms with van der Waals surface area (Å²) in [5, 5.41) is 2.86. The van der Waals surface area contributed by atoms with Crippen molar-refractivity contribution in [1.29, 1.82) is 0 Å². The Morgan fingerprint density at radius 1 is 1.11 bits per heavy atom. The van der Waals surface area contributed by atoms with Crippen LogP contribution in [0.2, 0.25) is 0 Å². The third-order valence-corrected chi connectivity index (χ3v) is 4.42. The van der Waals surface area contributed by atoms with Crippen molar-refractivity contribution in [3.05, 3.63) is 59.2 Å². The van der Waals surface area contributed by atoms with E-state index >= 15 is 0 Å². The largest absolute Gasteiger partial charge is 0.462 e. The molecule has 28 heavy (non-hydrogen) atoms. The molecule has 1 fully saturated rings. The molecule has 2 aromatic carbocycles. The third-order valence-electron chi connectivity index (χ3n) is 4.42. The third kappa shape index (κ3) is 5.24. The summed E-state index contributed by atoms with van der Waals surface area (Å²) in [6, 6.07) is 12.7. The van der Waals surface area contributed by atoms with Gasteiger partial charge in [-0.3, -0.25) is 4.79 Å². The van der Waals surface area contributed by atoms with Crippen LogP contribution in [0.4, 0.5) is 11.4 Å². The molecule has 0 atom stereocenters. The quantitative estimate of drug-likeness (QED) is 0.770. The van der Waals surface area contributed by atoms with Crippen molar-refractivity contribution in [3.8, 4) is 0 Å². The first kappa shape index (κ1) is 21.7. The molecule has 1 aliphatic heterocycles. The number of benzene rings is 2. The molecule has 1 N–H and O–H groups in total. The first-order chi connectivity index (χ1) is 13.1. The van der Waals surface area contributed by atoms with Gasteiger partial charge in [0.1, 0.15) is 0 Å². The molecule has 1 amide bonds. The Morgan fingerprint density at radius 2 is 1.79 bits per heavy atom. The predicted octanol–water partition coefficient (Wildman–Crippen LogP) is 3.68. The minimum absolute atomic E-state index is 0. The minimum atomic E-state index is -0.398. The van der Waals surface area contributed by atoms with Crippen molar-refractivity contribution < 1.29 is 19.1 Å². The van der Waals surface area contributed by atoms with Crippen LogP contribution in [0.25, 0.3) is 0 Å². The summed E-state index contributed by atoms with van der Waals surface area (Å²) in [7, 11) is 0. The van der Waals surface area contributed by atoms with Crippen molar-refractivity contribution in [2.75, 3.05) is 43.1 Å². The van der Waals surface area contributed by atoms with Gasteiger partial charge in [-0.25, -0.2) is 4.79 Å². The summed E-state index contributed by atoms with van der Waals surface area (Å²) >= 11 is 0. The monoisotopic (exact) mass is 404 g/mol. The van der Waals surface area contributed by atoms with E-state index in [2.05, 4.69) is 10.2 Å². The second kappa shape index (κ2) is 10.1. The molecule has 0 aromatic heterocycles. The van der Waals surface area contributed by atoms with Crippen LogP contribution >= 0.6 is 12.4 Å². The number of carbonyl (C=O) groups is 2. The van der Waals surface area contributed by atoms with E-state index in [1.807, 2.05) is 25.1 Å². The van der Waals surface area contributed by atoms with E-state index < -0.39 is 5.97 Å². The normalized spacial score (nSPS) is 13.4. The summed E-state index contributed by atoms with van der Waals surface area (Å²) in [6.45, 7) is 6.69. The smallest absolute Gasteiger partial charge is 0.340 e. The van der Waals surface area contributed by atoms with Gasteiger partial charge in [-0.05, 0) is 44.2 Å². The van der Waals surface area contributed by atoms with E-state index in [1.54, 1.807) is 31.2 Å². The Morgan fingerprint density at radius 3 is 2.43 bits per heavy atom. The molecular formula is C21H25ClN2O4. The standard InChI is InChI=1S/C21H24N2O4.ClH/c1-3-27-21(25)18-14-17(8-9-19(18)23-10-12-26-13-11-23)22-20(24)16-6-4-15(2)5-7-16;/h4-9,14H,3,10-13H2,1-2H3,(H,22,24);1H. The number of amides is 1. The summed E-state index contributed by atoms with van der Waals surface area (Å²) in [4.78, 5) is 27.0. The fraction of sp³-hybridized carbons (Fsp3) is 0.333. The van der Waals surface area contributed by atoms with Gasteiger partial charge in [0.25, 0.3) is 5.91 Å². The Bertz CT molecular complexity index is 818. The number of nitrogens with zero attached hydrogens (tertiary/aromatic N) is 1. The van der Waals surface area contributed by atoms with E-state index in [0.717, 1.165) is 11.3 Å². The summed E-state index contributed by atoms with van der Waals surface area (Å²) < 4.78 is 10.6. The van der Waals surface area contributed by atoms with Gasteiger partial charge < -0.3 is 19.7 Å². The average Bonchev–Trinajstić information content (AvgIpc) is 2.69. The van der Waals surface area contributed by atoms with Crippen LogP contribution in [0, 0.1) is 6.92 Å². The van der Waals surface area contributed by atoms with E-state index in [9.17, 15) is 9.59 Å². The lowest BCUT2D eigenvalue weighted by Gasteiger charge is -2.30. The lowest BCUT2D eigenvalue weighted by molar-refractivity contribution is 0.0526. The van der Waals surface area contributed by atoms with Gasteiger partial charge in [-0.1, -0.05) is 17.7 Å². The van der Waals surface area contributed by atoms with E-state index in [0.29, 0.717) is 49.7 Å². The van der Waals surface area contributed by atoms with E-state index in [-0.39, 0.29) is 18.3 Å². The van der Waals surface area contributed by atoms with Crippen LogP contribution in [0.5, 0.6) is 0 Å². The molecule has 0 bridgehead atoms. The number of nitrogens with one attached hydrogen (secondary N) is 1. The fourth-order valence-electron chi connectivity index (χ4n) is 2.97. The lowest BCUT2D eigenvalue weighted by atomic mass is 10.1. The number of hydrogen-bond acceptors (Lipinski definition) is 5. The zero-order valence-corrected chi connectivity index (χ0v) is 16.9. The molecule has 3 rings (SSSR count).